The third-order valence-electron chi connectivity index (χ3n) is 11.1. The molecule has 19 nitrogen and oxygen atoms in total. The lowest BCUT2D eigenvalue weighted by Gasteiger charge is -2.16. The number of rotatable bonds is 48. The minimum absolute atomic E-state index is 0.00322. The molecule has 0 bridgehead atoms. The molecule has 0 saturated carbocycles. The molecule has 1 aromatic carbocycles. The van der Waals surface area contributed by atoms with E-state index < -0.39 is 35.9 Å². The van der Waals surface area contributed by atoms with Crippen molar-refractivity contribution in [3.8, 4) is 5.75 Å². The smallest absolute Gasteiger partial charge is 0.335 e. The highest BCUT2D eigenvalue weighted by Crippen LogP contribution is 2.19. The molecule has 0 aromatic heterocycles. The zero-order chi connectivity index (χ0) is 50.9. The fraction of sp³-hybridized carbons (Fsp3) is 0.700. The van der Waals surface area contributed by atoms with Crippen LogP contribution < -0.4 is 20.7 Å². The third kappa shape index (κ3) is 34.2. The van der Waals surface area contributed by atoms with Crippen molar-refractivity contribution in [1.82, 2.24) is 16.0 Å². The first-order valence-electron chi connectivity index (χ1n) is 24.6. The molecule has 1 rings (SSSR count). The number of ketones is 3. The molecule has 3 atom stereocenters. The van der Waals surface area contributed by atoms with Gasteiger partial charge in [0, 0.05) is 52.3 Å². The van der Waals surface area contributed by atoms with Crippen molar-refractivity contribution in [2.24, 2.45) is 5.92 Å². The van der Waals surface area contributed by atoms with Crippen LogP contribution >= 0.6 is 0 Å². The molecule has 0 spiro atoms. The summed E-state index contributed by atoms with van der Waals surface area (Å²) < 4.78 is 27.2. The van der Waals surface area contributed by atoms with Crippen LogP contribution in [-0.4, -0.2) is 140 Å². The van der Waals surface area contributed by atoms with Crippen LogP contribution in [0.4, 0.5) is 0 Å². The maximum absolute atomic E-state index is 12.4. The predicted octanol–water partition coefficient (Wildman–Crippen LogP) is 5.76. The van der Waals surface area contributed by atoms with Gasteiger partial charge in [-0.3, -0.25) is 28.8 Å². The molecule has 0 heterocycles. The molecule has 0 aliphatic heterocycles. The second-order valence-electron chi connectivity index (χ2n) is 16.9. The number of hydrogen-bond acceptors (Lipinski definition) is 14. The Morgan fingerprint density at radius 1 is 0.536 bits per heavy atom. The summed E-state index contributed by atoms with van der Waals surface area (Å²) in [4.78, 5) is 95.3. The summed E-state index contributed by atoms with van der Waals surface area (Å²) >= 11 is 0. The van der Waals surface area contributed by atoms with Gasteiger partial charge >= 0.3 is 17.9 Å². The van der Waals surface area contributed by atoms with Crippen molar-refractivity contribution in [3.05, 3.63) is 36.9 Å². The number of nitrogens with one attached hydrogen (secondary N) is 3. The second-order valence-corrected chi connectivity index (χ2v) is 16.9. The number of carbonyl (C=O) groups is 8. The number of aromatic carboxylic acids is 1. The molecule has 0 unspecified atom stereocenters. The van der Waals surface area contributed by atoms with Crippen LogP contribution in [0.5, 0.6) is 5.75 Å². The van der Waals surface area contributed by atoms with Gasteiger partial charge in [0.2, 0.25) is 11.8 Å². The summed E-state index contributed by atoms with van der Waals surface area (Å²) in [5.41, 5.74) is 0.213. The molecule has 2 amide bonds. The molecular formula is C50H79N3O16. The Hall–Kier alpha value is -4.82. The Morgan fingerprint density at radius 3 is 1.80 bits per heavy atom. The summed E-state index contributed by atoms with van der Waals surface area (Å²) in [6, 6.07) is 4.70. The van der Waals surface area contributed by atoms with Gasteiger partial charge in [-0.15, -0.1) is 0 Å². The molecule has 0 aliphatic carbocycles. The number of carboxylic acid groups (broad SMARTS) is 3. The first-order valence-corrected chi connectivity index (χ1v) is 24.6. The quantitative estimate of drug-likeness (QED) is 0.0334. The molecule has 6 N–H and O–H groups in total. The Morgan fingerprint density at radius 2 is 1.14 bits per heavy atom. The number of unbranched alkanes of at least 4 members (excludes halogenated alkanes) is 8. The number of aliphatic carboxylic acids is 2. The van der Waals surface area contributed by atoms with Gasteiger partial charge in [0.05, 0.1) is 57.2 Å². The molecule has 1 aromatic rings. The summed E-state index contributed by atoms with van der Waals surface area (Å²) in [5, 5.41) is 35.7. The molecule has 2 radical (unpaired) electrons. The minimum Gasteiger partial charge on any atom is -0.494 e. The first-order chi connectivity index (χ1) is 33.3. The monoisotopic (exact) mass is 978 g/mol. The number of carboxylic acids is 3. The van der Waals surface area contributed by atoms with Crippen LogP contribution in [0, 0.1) is 13.0 Å². The van der Waals surface area contributed by atoms with Gasteiger partial charge in [-0.05, 0) is 75.6 Å². The van der Waals surface area contributed by atoms with Crippen LogP contribution in [0.1, 0.15) is 152 Å². The summed E-state index contributed by atoms with van der Waals surface area (Å²) in [7, 11) is 5.44. The van der Waals surface area contributed by atoms with Crippen LogP contribution in [0.25, 0.3) is 0 Å². The third-order valence-corrected chi connectivity index (χ3v) is 11.1. The fourth-order valence-corrected chi connectivity index (χ4v) is 7.06. The van der Waals surface area contributed by atoms with Gasteiger partial charge in [-0.1, -0.05) is 58.3 Å². The van der Waals surface area contributed by atoms with Gasteiger partial charge in [0.15, 0.2) is 5.78 Å². The van der Waals surface area contributed by atoms with Gasteiger partial charge < -0.3 is 55.0 Å². The van der Waals surface area contributed by atoms with Crippen molar-refractivity contribution in [2.45, 2.75) is 154 Å². The van der Waals surface area contributed by atoms with Crippen molar-refractivity contribution >= 4 is 47.1 Å². The van der Waals surface area contributed by atoms with E-state index in [9.17, 15) is 48.6 Å². The standard InChI is InChI=1S/C50H79N3O16/c1-3-15-43(51-2)45(56)27-22-38(48(59)60)16-10-9-11-17-41(55)36-67-34-33-66-31-28-52-47(58)37-68-35-32-65-29-14-18-40(54)23-26-44(50(63)64)53-46(57)19-12-7-5-4-6-8-13-30-69-42-24-20-39(21-25-42)49(61)62/h2,20-21,24-25,38,43-44,51H,3-19,22-23,26-37H2,1H3,(H,52,58)(H,53,57)(H,59,60)(H,61,62)(H,63,64)/t38-,43+,44+/m1/s1. The zero-order valence-electron chi connectivity index (χ0n) is 40.7. The highest BCUT2D eigenvalue weighted by molar-refractivity contribution is 5.88. The Kier molecular flexibility index (Phi) is 37.0. The van der Waals surface area contributed by atoms with Crippen LogP contribution in [0.15, 0.2) is 24.3 Å². The molecule has 19 heteroatoms. The highest BCUT2D eigenvalue weighted by Gasteiger charge is 2.23. The number of carbonyl (C=O) groups excluding carboxylic acids is 5. The van der Waals surface area contributed by atoms with Crippen molar-refractivity contribution in [3.63, 3.8) is 0 Å². The van der Waals surface area contributed by atoms with E-state index >= 15 is 0 Å². The van der Waals surface area contributed by atoms with Gasteiger partial charge in [0.1, 0.15) is 36.6 Å². The van der Waals surface area contributed by atoms with E-state index in [-0.39, 0.29) is 133 Å². The molecule has 0 aliphatic rings. The summed E-state index contributed by atoms with van der Waals surface area (Å²) in [6.07, 6.45) is 11.7. The molecular weight excluding hydrogens is 899 g/mol. The van der Waals surface area contributed by atoms with Crippen molar-refractivity contribution in [1.29, 1.82) is 0 Å². The maximum atomic E-state index is 12.4. The largest absolute Gasteiger partial charge is 0.494 e. The van der Waals surface area contributed by atoms with Gasteiger partial charge in [-0.25, -0.2) is 9.59 Å². The van der Waals surface area contributed by atoms with E-state index in [0.29, 0.717) is 63.7 Å². The first kappa shape index (κ1) is 62.2. The van der Waals surface area contributed by atoms with Crippen LogP contribution in [0.3, 0.4) is 0 Å². The molecule has 0 fully saturated rings. The van der Waals surface area contributed by atoms with E-state index in [1.165, 1.54) is 12.1 Å². The lowest BCUT2D eigenvalue weighted by Crippen LogP contribution is -2.41. The number of hydrogen-bond donors (Lipinski definition) is 6. The predicted molar refractivity (Wildman–Crippen MR) is 255 cm³/mol. The normalized spacial score (nSPS) is 12.4. The number of ether oxygens (including phenoxy) is 5. The van der Waals surface area contributed by atoms with Crippen molar-refractivity contribution < 1.29 is 77.4 Å². The number of benzene rings is 1. The second kappa shape index (κ2) is 41.0. The van der Waals surface area contributed by atoms with E-state index in [1.807, 2.05) is 6.92 Å². The lowest BCUT2D eigenvalue weighted by atomic mass is 9.93. The Bertz CT molecular complexity index is 1630. The zero-order valence-corrected chi connectivity index (χ0v) is 40.7. The average Bonchev–Trinajstić information content (AvgIpc) is 3.32. The minimum atomic E-state index is -1.19. The number of Topliss-reactive ketones (excluding diaryl/α,β-unsaturated/α-hetero) is 3. The molecule has 69 heavy (non-hydrogen) atoms. The average molecular weight is 978 g/mol. The van der Waals surface area contributed by atoms with E-state index in [0.717, 1.165) is 44.9 Å². The summed E-state index contributed by atoms with van der Waals surface area (Å²) in [5.74, 6) is -4.03. The Labute approximate surface area is 407 Å². The van der Waals surface area contributed by atoms with Gasteiger partial charge in [0.25, 0.3) is 0 Å². The molecule has 0 saturated heterocycles. The highest BCUT2D eigenvalue weighted by atomic mass is 16.5. The van der Waals surface area contributed by atoms with Gasteiger partial charge in [-0.2, -0.15) is 0 Å². The van der Waals surface area contributed by atoms with E-state index in [4.69, 9.17) is 35.8 Å². The lowest BCUT2D eigenvalue weighted by molar-refractivity contribution is -0.143. The van der Waals surface area contributed by atoms with Crippen LogP contribution in [0.2, 0.25) is 0 Å². The SMILES string of the molecule is [CH]N[C@@H](CCC)C(=O)CC[C@@H](CCCCCC(=O)COCCOCCNC(=O)COCCOCCCC(=O)CC[C@H](NC(=O)CCCCCCCCCOc1ccc(C(=O)O)cc1)C(=O)O)C(=O)O. The van der Waals surface area contributed by atoms with Crippen molar-refractivity contribution in [2.75, 3.05) is 66.0 Å². The topological polar surface area (TPSA) is 279 Å². The fourth-order valence-electron chi connectivity index (χ4n) is 7.06. The number of amides is 2. The summed E-state index contributed by atoms with van der Waals surface area (Å²) in [6.45, 7) is 3.90. The van der Waals surface area contributed by atoms with Crippen LogP contribution in [-0.2, 0) is 52.5 Å². The Balaban J connectivity index is 1.96. The van der Waals surface area contributed by atoms with E-state index in [2.05, 4.69) is 16.0 Å². The van der Waals surface area contributed by atoms with E-state index in [1.54, 1.807) is 12.1 Å². The maximum Gasteiger partial charge on any atom is 0.335 e. The molecule has 390 valence electrons.